The van der Waals surface area contributed by atoms with Gasteiger partial charge in [-0.3, -0.25) is 0 Å². The van der Waals surface area contributed by atoms with Crippen LogP contribution in [0, 0.1) is 6.92 Å². The summed E-state index contributed by atoms with van der Waals surface area (Å²) < 4.78 is 53.3. The summed E-state index contributed by atoms with van der Waals surface area (Å²) in [4.78, 5) is 0.316. The topological polar surface area (TPSA) is 71.5 Å². The highest BCUT2D eigenvalue weighted by atomic mass is 35.5. The number of aryl methyl sites for hydroxylation is 1. The molecule has 162 valence electrons. The Morgan fingerprint density at radius 2 is 1.29 bits per heavy atom. The molecule has 1 aliphatic rings. The molecule has 1 atom stereocenters. The molecule has 1 unspecified atom stereocenters. The van der Waals surface area contributed by atoms with Crippen LogP contribution in [-0.2, 0) is 19.9 Å². The molecule has 0 amide bonds. The second kappa shape index (κ2) is 8.39. The van der Waals surface area contributed by atoms with E-state index < -0.39 is 25.1 Å². The van der Waals surface area contributed by atoms with Crippen LogP contribution in [0.5, 0.6) is 0 Å². The minimum atomic E-state index is -3.78. The molecule has 0 radical (unpaired) electrons. The SMILES string of the molecule is Cc1ccc(-c2ccc(S(=O)(=O)N3CCC(S(=O)(=O)c4ccc(Cl)cc4)C3)cc2)cc1. The summed E-state index contributed by atoms with van der Waals surface area (Å²) in [5.41, 5.74) is 3.08. The first-order valence-corrected chi connectivity index (χ1v) is 13.2. The summed E-state index contributed by atoms with van der Waals surface area (Å²) in [5, 5.41) is -0.334. The van der Waals surface area contributed by atoms with Gasteiger partial charge in [0.1, 0.15) is 0 Å². The molecule has 3 aromatic rings. The van der Waals surface area contributed by atoms with Gasteiger partial charge in [-0.15, -0.1) is 0 Å². The smallest absolute Gasteiger partial charge is 0.223 e. The van der Waals surface area contributed by atoms with E-state index in [1.165, 1.54) is 28.6 Å². The van der Waals surface area contributed by atoms with Crippen LogP contribution in [0.1, 0.15) is 12.0 Å². The standard InChI is InChI=1S/C23H22ClNO4S2/c1-17-2-4-18(5-3-17)19-6-10-22(11-7-19)31(28,29)25-15-14-23(16-25)30(26,27)21-12-8-20(24)9-13-21/h2-13,23H,14-16H2,1H3. The number of hydrogen-bond acceptors (Lipinski definition) is 4. The van der Waals surface area contributed by atoms with Crippen molar-refractivity contribution >= 4 is 31.5 Å². The Morgan fingerprint density at radius 3 is 1.87 bits per heavy atom. The zero-order chi connectivity index (χ0) is 22.2. The predicted octanol–water partition coefficient (Wildman–Crippen LogP) is 4.55. The quantitative estimate of drug-likeness (QED) is 0.542. The lowest BCUT2D eigenvalue weighted by Gasteiger charge is -2.17. The van der Waals surface area contributed by atoms with Crippen molar-refractivity contribution in [3.63, 3.8) is 0 Å². The lowest BCUT2D eigenvalue weighted by molar-refractivity contribution is 0.476. The molecule has 0 bridgehead atoms. The molecule has 1 heterocycles. The predicted molar refractivity (Wildman–Crippen MR) is 122 cm³/mol. The molecule has 0 aliphatic carbocycles. The van der Waals surface area contributed by atoms with E-state index in [0.717, 1.165) is 16.7 Å². The van der Waals surface area contributed by atoms with Gasteiger partial charge in [-0.25, -0.2) is 16.8 Å². The molecule has 0 saturated carbocycles. The fourth-order valence-corrected chi connectivity index (χ4v) is 7.11. The summed E-state index contributed by atoms with van der Waals surface area (Å²) in [5.74, 6) is 0. The third-order valence-corrected chi connectivity index (χ3v) is 9.89. The van der Waals surface area contributed by atoms with E-state index >= 15 is 0 Å². The highest BCUT2D eigenvalue weighted by molar-refractivity contribution is 7.92. The Balaban J connectivity index is 1.53. The number of hydrogen-bond donors (Lipinski definition) is 0. The van der Waals surface area contributed by atoms with Crippen molar-refractivity contribution in [2.45, 2.75) is 28.4 Å². The first-order valence-electron chi connectivity index (χ1n) is 9.85. The van der Waals surface area contributed by atoms with Gasteiger partial charge < -0.3 is 0 Å². The van der Waals surface area contributed by atoms with Gasteiger partial charge in [0.05, 0.1) is 15.0 Å². The monoisotopic (exact) mass is 475 g/mol. The van der Waals surface area contributed by atoms with Gasteiger partial charge in [0.25, 0.3) is 0 Å². The molecule has 31 heavy (non-hydrogen) atoms. The van der Waals surface area contributed by atoms with E-state index in [-0.39, 0.29) is 29.3 Å². The van der Waals surface area contributed by atoms with Crippen LogP contribution in [0.25, 0.3) is 11.1 Å². The van der Waals surface area contributed by atoms with Crippen molar-refractivity contribution in [3.8, 4) is 11.1 Å². The van der Waals surface area contributed by atoms with Crippen molar-refractivity contribution in [1.82, 2.24) is 4.31 Å². The Bertz CT molecular complexity index is 1290. The van der Waals surface area contributed by atoms with Crippen LogP contribution in [0.15, 0.2) is 82.6 Å². The normalized spacial score (nSPS) is 17.7. The average molecular weight is 476 g/mol. The summed E-state index contributed by atoms with van der Waals surface area (Å²) in [6.45, 7) is 2.11. The molecule has 0 N–H and O–H groups in total. The number of benzene rings is 3. The third-order valence-electron chi connectivity index (χ3n) is 5.57. The number of sulfonamides is 1. The molecule has 0 spiro atoms. The van der Waals surface area contributed by atoms with Crippen molar-refractivity contribution in [2.24, 2.45) is 0 Å². The van der Waals surface area contributed by atoms with E-state index in [9.17, 15) is 16.8 Å². The maximum Gasteiger partial charge on any atom is 0.243 e. The highest BCUT2D eigenvalue weighted by Gasteiger charge is 2.39. The van der Waals surface area contributed by atoms with Crippen LogP contribution >= 0.6 is 11.6 Å². The molecule has 1 fully saturated rings. The van der Waals surface area contributed by atoms with Crippen molar-refractivity contribution in [2.75, 3.05) is 13.1 Å². The minimum absolute atomic E-state index is 0.0625. The molecule has 0 aromatic heterocycles. The van der Waals surface area contributed by atoms with Crippen LogP contribution < -0.4 is 0 Å². The molecule has 1 saturated heterocycles. The van der Waals surface area contributed by atoms with Gasteiger partial charge in [-0.2, -0.15) is 4.31 Å². The Kier molecular flexibility index (Phi) is 5.96. The Labute approximate surface area is 188 Å². The molecule has 4 rings (SSSR count). The third kappa shape index (κ3) is 4.41. The number of nitrogens with zero attached hydrogens (tertiary/aromatic N) is 1. The van der Waals surface area contributed by atoms with E-state index in [4.69, 9.17) is 11.6 Å². The first kappa shape index (κ1) is 22.0. The maximum absolute atomic E-state index is 13.1. The van der Waals surface area contributed by atoms with Gasteiger partial charge >= 0.3 is 0 Å². The molecule has 8 heteroatoms. The fourth-order valence-electron chi connectivity index (χ4n) is 3.70. The second-order valence-corrected chi connectivity index (χ2v) is 12.3. The minimum Gasteiger partial charge on any atom is -0.223 e. The maximum atomic E-state index is 13.1. The largest absolute Gasteiger partial charge is 0.243 e. The van der Waals surface area contributed by atoms with Gasteiger partial charge in [0.15, 0.2) is 9.84 Å². The molecule has 5 nitrogen and oxygen atoms in total. The van der Waals surface area contributed by atoms with Crippen molar-refractivity contribution in [1.29, 1.82) is 0 Å². The first-order chi connectivity index (χ1) is 14.7. The summed E-state index contributed by atoms with van der Waals surface area (Å²) in [6, 6.07) is 20.6. The van der Waals surface area contributed by atoms with Gasteiger partial charge in [0.2, 0.25) is 10.0 Å². The van der Waals surface area contributed by atoms with Crippen LogP contribution in [0.3, 0.4) is 0 Å². The molecule has 1 aliphatic heterocycles. The summed E-state index contributed by atoms with van der Waals surface area (Å²) >= 11 is 5.85. The number of sulfone groups is 1. The van der Waals surface area contributed by atoms with E-state index in [1.54, 1.807) is 24.3 Å². The van der Waals surface area contributed by atoms with Crippen molar-refractivity contribution in [3.05, 3.63) is 83.4 Å². The van der Waals surface area contributed by atoms with Crippen LogP contribution in [0.2, 0.25) is 5.02 Å². The number of rotatable bonds is 5. The summed E-state index contributed by atoms with van der Waals surface area (Å²) in [7, 11) is -7.42. The molecular weight excluding hydrogens is 454 g/mol. The lowest BCUT2D eigenvalue weighted by Crippen LogP contribution is -2.32. The fraction of sp³-hybridized carbons (Fsp3) is 0.217. The summed E-state index contributed by atoms with van der Waals surface area (Å²) in [6.07, 6.45) is 0.256. The van der Waals surface area contributed by atoms with E-state index in [2.05, 4.69) is 0 Å². The second-order valence-electron chi connectivity index (χ2n) is 7.66. The average Bonchev–Trinajstić information content (AvgIpc) is 3.27. The zero-order valence-electron chi connectivity index (χ0n) is 16.9. The van der Waals surface area contributed by atoms with Crippen molar-refractivity contribution < 1.29 is 16.8 Å². The zero-order valence-corrected chi connectivity index (χ0v) is 19.3. The Morgan fingerprint density at radius 1 is 0.774 bits per heavy atom. The van der Waals surface area contributed by atoms with Gasteiger partial charge in [-0.05, 0) is 60.9 Å². The molecular formula is C23H22ClNO4S2. The highest BCUT2D eigenvalue weighted by Crippen LogP contribution is 2.29. The van der Waals surface area contributed by atoms with Gasteiger partial charge in [-0.1, -0.05) is 53.6 Å². The number of halogens is 1. The Hall–Kier alpha value is -2.19. The van der Waals surface area contributed by atoms with Crippen LogP contribution in [0.4, 0.5) is 0 Å². The van der Waals surface area contributed by atoms with E-state index in [0.29, 0.717) is 5.02 Å². The molecule has 3 aromatic carbocycles. The van der Waals surface area contributed by atoms with Gasteiger partial charge in [0, 0.05) is 18.1 Å². The van der Waals surface area contributed by atoms with Crippen LogP contribution in [-0.4, -0.2) is 39.5 Å². The van der Waals surface area contributed by atoms with E-state index in [1.807, 2.05) is 31.2 Å². The lowest BCUT2D eigenvalue weighted by atomic mass is 10.0.